The molecule has 1 atom stereocenters. The van der Waals surface area contributed by atoms with Gasteiger partial charge in [0.25, 0.3) is 0 Å². The Morgan fingerprint density at radius 2 is 2.13 bits per heavy atom. The highest BCUT2D eigenvalue weighted by Crippen LogP contribution is 2.34. The van der Waals surface area contributed by atoms with Crippen molar-refractivity contribution < 1.29 is 9.90 Å². The van der Waals surface area contributed by atoms with Gasteiger partial charge >= 0.3 is 5.97 Å². The molecule has 1 aliphatic heterocycles. The van der Waals surface area contributed by atoms with Gasteiger partial charge in [0.05, 0.1) is 0 Å². The summed E-state index contributed by atoms with van der Waals surface area (Å²) in [5, 5.41) is 12.2. The summed E-state index contributed by atoms with van der Waals surface area (Å²) in [5.41, 5.74) is 2.03. The number of carbonyl (C=O) groups is 1. The first-order valence-corrected chi connectivity index (χ1v) is 5.08. The molecule has 80 valence electrons. The minimum Gasteiger partial charge on any atom is -0.480 e. The number of carboxylic acids is 1. The molecule has 0 saturated carbocycles. The van der Waals surface area contributed by atoms with Crippen molar-refractivity contribution in [2.24, 2.45) is 0 Å². The van der Waals surface area contributed by atoms with E-state index in [2.05, 4.69) is 19.2 Å². The Kier molecular flexibility index (Phi) is 2.27. The first kappa shape index (κ1) is 10.2. The van der Waals surface area contributed by atoms with Crippen molar-refractivity contribution in [2.45, 2.75) is 25.3 Å². The predicted molar refractivity (Wildman–Crippen MR) is 57.8 cm³/mol. The Bertz CT molecular complexity index is 398. The molecule has 2 N–H and O–H groups in total. The summed E-state index contributed by atoms with van der Waals surface area (Å²) in [6.45, 7) is 4.94. The maximum absolute atomic E-state index is 11.1. The monoisotopic (exact) mass is 205 g/mol. The van der Waals surface area contributed by atoms with E-state index in [1.165, 1.54) is 0 Å². The van der Waals surface area contributed by atoms with Crippen molar-refractivity contribution >= 4 is 5.97 Å². The van der Waals surface area contributed by atoms with E-state index in [0.717, 1.165) is 11.1 Å². The van der Waals surface area contributed by atoms with E-state index in [4.69, 9.17) is 5.11 Å². The summed E-state index contributed by atoms with van der Waals surface area (Å²) in [7, 11) is 0. The minimum atomic E-state index is -0.807. The van der Waals surface area contributed by atoms with Gasteiger partial charge < -0.3 is 5.11 Å². The quantitative estimate of drug-likeness (QED) is 0.733. The van der Waals surface area contributed by atoms with Crippen LogP contribution in [0.2, 0.25) is 0 Å². The second kappa shape index (κ2) is 3.35. The van der Waals surface area contributed by atoms with Gasteiger partial charge in [0.15, 0.2) is 0 Å². The number of rotatable bonds is 1. The number of nitrogens with one attached hydrogen (secondary N) is 1. The van der Waals surface area contributed by atoms with Crippen LogP contribution in [0.15, 0.2) is 24.3 Å². The van der Waals surface area contributed by atoms with Crippen molar-refractivity contribution in [2.75, 3.05) is 6.54 Å². The number of carboxylic acid groups (broad SMARTS) is 1. The molecule has 0 radical (unpaired) electrons. The molecule has 0 spiro atoms. The standard InChI is InChI=1S/C12H15NO2/c1-12(2)7-13-10(11(14)15)8-5-3-4-6-9(8)12/h3-6,10,13H,7H2,1-2H3,(H,14,15). The van der Waals surface area contributed by atoms with E-state index in [9.17, 15) is 4.79 Å². The van der Waals surface area contributed by atoms with Crippen LogP contribution in [0.4, 0.5) is 0 Å². The largest absolute Gasteiger partial charge is 0.480 e. The van der Waals surface area contributed by atoms with Crippen LogP contribution in [-0.2, 0) is 10.2 Å². The zero-order valence-corrected chi connectivity index (χ0v) is 8.95. The van der Waals surface area contributed by atoms with Crippen LogP contribution in [-0.4, -0.2) is 17.6 Å². The van der Waals surface area contributed by atoms with Gasteiger partial charge in [0, 0.05) is 12.0 Å². The van der Waals surface area contributed by atoms with Crippen LogP contribution in [0.1, 0.15) is 31.0 Å². The summed E-state index contributed by atoms with van der Waals surface area (Å²) in [6, 6.07) is 7.20. The third-order valence-electron chi connectivity index (χ3n) is 3.00. The Morgan fingerprint density at radius 1 is 1.47 bits per heavy atom. The SMILES string of the molecule is CC1(C)CNC(C(=O)O)c2ccccc21. The maximum atomic E-state index is 11.1. The molecule has 0 amide bonds. The van der Waals surface area contributed by atoms with E-state index >= 15 is 0 Å². The Labute approximate surface area is 89.1 Å². The Balaban J connectivity index is 2.53. The van der Waals surface area contributed by atoms with E-state index in [1.54, 1.807) is 0 Å². The topological polar surface area (TPSA) is 49.3 Å². The average Bonchev–Trinajstić information content (AvgIpc) is 2.17. The number of hydrogen-bond acceptors (Lipinski definition) is 2. The molecule has 15 heavy (non-hydrogen) atoms. The van der Waals surface area contributed by atoms with E-state index < -0.39 is 12.0 Å². The average molecular weight is 205 g/mol. The van der Waals surface area contributed by atoms with Gasteiger partial charge in [-0.25, -0.2) is 0 Å². The zero-order chi connectivity index (χ0) is 11.1. The number of benzene rings is 1. The van der Waals surface area contributed by atoms with Crippen LogP contribution in [0.25, 0.3) is 0 Å². The Morgan fingerprint density at radius 3 is 2.80 bits per heavy atom. The van der Waals surface area contributed by atoms with Gasteiger partial charge in [-0.05, 0) is 11.1 Å². The van der Waals surface area contributed by atoms with Crippen LogP contribution in [0.3, 0.4) is 0 Å². The lowest BCUT2D eigenvalue weighted by Crippen LogP contribution is -2.44. The summed E-state index contributed by atoms with van der Waals surface area (Å²) in [6.07, 6.45) is 0. The lowest BCUT2D eigenvalue weighted by molar-refractivity contribution is -0.140. The molecule has 0 saturated heterocycles. The van der Waals surface area contributed by atoms with Crippen LogP contribution < -0.4 is 5.32 Å². The fourth-order valence-electron chi connectivity index (χ4n) is 2.15. The second-order valence-corrected chi connectivity index (χ2v) is 4.62. The molecule has 1 heterocycles. The molecule has 1 unspecified atom stereocenters. The van der Waals surface area contributed by atoms with Gasteiger partial charge in [0.2, 0.25) is 0 Å². The van der Waals surface area contributed by atoms with E-state index in [1.807, 2.05) is 24.3 Å². The van der Waals surface area contributed by atoms with Crippen molar-refractivity contribution in [1.29, 1.82) is 0 Å². The highest BCUT2D eigenvalue weighted by Gasteiger charge is 2.34. The van der Waals surface area contributed by atoms with Crippen molar-refractivity contribution in [1.82, 2.24) is 5.32 Å². The summed E-state index contributed by atoms with van der Waals surface area (Å²) in [5.74, 6) is -0.807. The normalized spacial score (nSPS) is 23.2. The lowest BCUT2D eigenvalue weighted by Gasteiger charge is -2.36. The summed E-state index contributed by atoms with van der Waals surface area (Å²) in [4.78, 5) is 11.1. The zero-order valence-electron chi connectivity index (χ0n) is 8.95. The molecular formula is C12H15NO2. The molecular weight excluding hydrogens is 190 g/mol. The molecule has 0 aromatic heterocycles. The molecule has 1 aromatic rings. The number of hydrogen-bond donors (Lipinski definition) is 2. The highest BCUT2D eigenvalue weighted by atomic mass is 16.4. The number of fused-ring (bicyclic) bond motifs is 1. The molecule has 0 fully saturated rings. The van der Waals surface area contributed by atoms with Crippen molar-refractivity contribution in [3.05, 3.63) is 35.4 Å². The van der Waals surface area contributed by atoms with Gasteiger partial charge in [-0.2, -0.15) is 0 Å². The van der Waals surface area contributed by atoms with Crippen LogP contribution in [0, 0.1) is 0 Å². The smallest absolute Gasteiger partial charge is 0.325 e. The second-order valence-electron chi connectivity index (χ2n) is 4.62. The van der Waals surface area contributed by atoms with Crippen LogP contribution >= 0.6 is 0 Å². The molecule has 1 aliphatic rings. The first-order valence-electron chi connectivity index (χ1n) is 5.08. The molecule has 1 aromatic carbocycles. The van der Waals surface area contributed by atoms with Crippen molar-refractivity contribution in [3.63, 3.8) is 0 Å². The van der Waals surface area contributed by atoms with Crippen molar-refractivity contribution in [3.8, 4) is 0 Å². The third-order valence-corrected chi connectivity index (χ3v) is 3.00. The van der Waals surface area contributed by atoms with E-state index in [0.29, 0.717) is 6.54 Å². The summed E-state index contributed by atoms with van der Waals surface area (Å²) >= 11 is 0. The van der Waals surface area contributed by atoms with Gasteiger partial charge in [-0.3, -0.25) is 10.1 Å². The maximum Gasteiger partial charge on any atom is 0.325 e. The molecule has 0 aliphatic carbocycles. The predicted octanol–water partition coefficient (Wildman–Crippen LogP) is 1.69. The fourth-order valence-corrected chi connectivity index (χ4v) is 2.15. The minimum absolute atomic E-state index is 0.00252. The van der Waals surface area contributed by atoms with Crippen LogP contribution in [0.5, 0.6) is 0 Å². The van der Waals surface area contributed by atoms with E-state index in [-0.39, 0.29) is 5.41 Å². The molecule has 2 rings (SSSR count). The lowest BCUT2D eigenvalue weighted by atomic mass is 9.77. The molecule has 0 bridgehead atoms. The van der Waals surface area contributed by atoms with Gasteiger partial charge in [-0.15, -0.1) is 0 Å². The third kappa shape index (κ3) is 1.63. The Hall–Kier alpha value is -1.35. The van der Waals surface area contributed by atoms with Gasteiger partial charge in [-0.1, -0.05) is 38.1 Å². The first-order chi connectivity index (χ1) is 7.02. The summed E-state index contributed by atoms with van der Waals surface area (Å²) < 4.78 is 0. The molecule has 3 nitrogen and oxygen atoms in total. The number of aliphatic carboxylic acids is 1. The molecule has 3 heteroatoms. The highest BCUT2D eigenvalue weighted by molar-refractivity contribution is 5.77. The van der Waals surface area contributed by atoms with Gasteiger partial charge in [0.1, 0.15) is 6.04 Å². The fraction of sp³-hybridized carbons (Fsp3) is 0.417.